The molecule has 0 spiro atoms. The predicted molar refractivity (Wildman–Crippen MR) is 120 cm³/mol. The Morgan fingerprint density at radius 2 is 1.71 bits per heavy atom. The molecule has 31 heavy (non-hydrogen) atoms. The first-order valence-corrected chi connectivity index (χ1v) is 11.1. The van der Waals surface area contributed by atoms with Crippen LogP contribution in [0.1, 0.15) is 43.2 Å². The molecule has 5 heteroatoms. The molecule has 0 bridgehead atoms. The van der Waals surface area contributed by atoms with Crippen LogP contribution in [0.25, 0.3) is 0 Å². The fourth-order valence-electron chi connectivity index (χ4n) is 5.17. The molecular weight excluding hydrogens is 386 g/mol. The molecule has 0 N–H and O–H groups in total. The summed E-state index contributed by atoms with van der Waals surface area (Å²) in [5, 5.41) is 16.4. The van der Waals surface area contributed by atoms with E-state index in [2.05, 4.69) is 35.3 Å². The number of hydrogen-bond acceptors (Lipinski definition) is 5. The molecule has 2 aromatic rings. The molecule has 0 aromatic heterocycles. The van der Waals surface area contributed by atoms with Gasteiger partial charge in [-0.05, 0) is 36.8 Å². The minimum atomic E-state index is -0.659. The number of Topliss-reactive ketones (excluding diaryl/α,β-unsaturated/α-hetero) is 1. The molecule has 4 rings (SSSR count). The maximum atomic E-state index is 12.2. The zero-order valence-electron chi connectivity index (χ0n) is 18.0. The average Bonchev–Trinajstić information content (AvgIpc) is 3.29. The van der Waals surface area contributed by atoms with Gasteiger partial charge in [-0.3, -0.25) is 9.80 Å². The van der Waals surface area contributed by atoms with Crippen LogP contribution in [0.4, 0.5) is 0 Å². The molecule has 1 aliphatic heterocycles. The van der Waals surface area contributed by atoms with E-state index in [1.807, 2.05) is 42.6 Å². The molecule has 3 atom stereocenters. The normalized spacial score (nSPS) is 24.5. The third kappa shape index (κ3) is 4.00. The van der Waals surface area contributed by atoms with Crippen molar-refractivity contribution in [3.05, 3.63) is 71.8 Å². The molecule has 2 aliphatic rings. The average molecular weight is 416 g/mol. The van der Waals surface area contributed by atoms with E-state index in [9.17, 15) is 10.1 Å². The van der Waals surface area contributed by atoms with E-state index < -0.39 is 11.5 Å². The van der Waals surface area contributed by atoms with Gasteiger partial charge in [-0.2, -0.15) is 10.4 Å². The first-order chi connectivity index (χ1) is 15.2. The van der Waals surface area contributed by atoms with Crippen molar-refractivity contribution in [2.45, 2.75) is 43.7 Å². The number of carbonyl (C=O) groups is 1. The van der Waals surface area contributed by atoms with Gasteiger partial charge < -0.3 is 4.74 Å². The van der Waals surface area contributed by atoms with E-state index in [0.29, 0.717) is 6.42 Å². The highest BCUT2D eigenvalue weighted by Crippen LogP contribution is 2.43. The molecule has 2 fully saturated rings. The molecule has 5 nitrogen and oxygen atoms in total. The Balaban J connectivity index is 1.70. The minimum Gasteiger partial charge on any atom is -0.367 e. The second kappa shape index (κ2) is 9.45. The Labute approximate surface area is 184 Å². The van der Waals surface area contributed by atoms with Crippen molar-refractivity contribution in [1.29, 1.82) is 5.26 Å². The van der Waals surface area contributed by atoms with E-state index in [4.69, 9.17) is 9.84 Å². The summed E-state index contributed by atoms with van der Waals surface area (Å²) in [6, 6.07) is 22.9. The Morgan fingerprint density at radius 3 is 2.29 bits per heavy atom. The number of nitriles is 1. The van der Waals surface area contributed by atoms with Crippen LogP contribution >= 0.6 is 0 Å². The van der Waals surface area contributed by atoms with Gasteiger partial charge in [0, 0.05) is 32.2 Å². The van der Waals surface area contributed by atoms with Crippen molar-refractivity contribution in [2.24, 2.45) is 16.9 Å². The second-order valence-corrected chi connectivity index (χ2v) is 8.39. The maximum absolute atomic E-state index is 12.2. The lowest BCUT2D eigenvalue weighted by Gasteiger charge is -2.42. The van der Waals surface area contributed by atoms with Gasteiger partial charge in [0.1, 0.15) is 11.5 Å². The number of ether oxygens (including phenoxy) is 1. The van der Waals surface area contributed by atoms with Crippen molar-refractivity contribution >= 4 is 12.0 Å². The van der Waals surface area contributed by atoms with Gasteiger partial charge >= 0.3 is 0 Å². The van der Waals surface area contributed by atoms with E-state index in [1.54, 1.807) is 7.11 Å². The molecule has 1 heterocycles. The number of methoxy groups -OCH3 is 1. The molecule has 1 saturated heterocycles. The first-order valence-electron chi connectivity index (χ1n) is 11.1. The topological polar surface area (TPSA) is 65.7 Å². The summed E-state index contributed by atoms with van der Waals surface area (Å²) in [5.74, 6) is -0.644. The SMILES string of the molecule is COC(c1ccccc1)(c1ccccc1)[C@@H]1CCCN1/N=C/[C@@H]1CCCC(=O)[C@H]1C#N. The number of carbonyl (C=O) groups excluding carboxylic acids is 1. The van der Waals surface area contributed by atoms with Crippen LogP contribution in [0.3, 0.4) is 0 Å². The summed E-state index contributed by atoms with van der Waals surface area (Å²) < 4.78 is 6.35. The van der Waals surface area contributed by atoms with Crippen LogP contribution in [0.15, 0.2) is 65.8 Å². The third-order valence-corrected chi connectivity index (χ3v) is 6.70. The number of nitrogens with zero attached hydrogens (tertiary/aromatic N) is 3. The lowest BCUT2D eigenvalue weighted by atomic mass is 9.79. The molecule has 0 amide bonds. The van der Waals surface area contributed by atoms with Crippen molar-refractivity contribution in [3.63, 3.8) is 0 Å². The summed E-state index contributed by atoms with van der Waals surface area (Å²) in [5.41, 5.74) is 1.53. The number of hydrogen-bond donors (Lipinski definition) is 0. The van der Waals surface area contributed by atoms with Crippen molar-refractivity contribution in [3.8, 4) is 6.07 Å². The van der Waals surface area contributed by atoms with Crippen molar-refractivity contribution < 1.29 is 9.53 Å². The molecule has 1 saturated carbocycles. The Kier molecular flexibility index (Phi) is 6.48. The quantitative estimate of drug-likeness (QED) is 0.650. The van der Waals surface area contributed by atoms with Gasteiger partial charge in [0.15, 0.2) is 5.78 Å². The van der Waals surface area contributed by atoms with Crippen LogP contribution in [0, 0.1) is 23.2 Å². The molecule has 1 aliphatic carbocycles. The molecule has 0 radical (unpaired) electrons. The van der Waals surface area contributed by atoms with Gasteiger partial charge in [0.05, 0.1) is 12.1 Å². The largest absolute Gasteiger partial charge is 0.367 e. The van der Waals surface area contributed by atoms with Crippen LogP contribution in [0.2, 0.25) is 0 Å². The highest BCUT2D eigenvalue weighted by atomic mass is 16.5. The minimum absolute atomic E-state index is 0.0124. The number of rotatable bonds is 6. The van der Waals surface area contributed by atoms with Crippen molar-refractivity contribution in [1.82, 2.24) is 5.01 Å². The smallest absolute Gasteiger partial charge is 0.150 e. The van der Waals surface area contributed by atoms with E-state index in [0.717, 1.165) is 43.4 Å². The molecule has 0 unspecified atom stereocenters. The lowest BCUT2D eigenvalue weighted by molar-refractivity contribution is -0.123. The fraction of sp³-hybridized carbons (Fsp3) is 0.423. The maximum Gasteiger partial charge on any atom is 0.150 e. The van der Waals surface area contributed by atoms with E-state index in [-0.39, 0.29) is 17.7 Å². The summed E-state index contributed by atoms with van der Waals surface area (Å²) in [4.78, 5) is 12.2. The number of hydrazone groups is 1. The van der Waals surface area contributed by atoms with E-state index in [1.165, 1.54) is 0 Å². The highest BCUT2D eigenvalue weighted by Gasteiger charge is 2.47. The Bertz CT molecular complexity index is 912. The van der Waals surface area contributed by atoms with Gasteiger partial charge in [-0.1, -0.05) is 60.7 Å². The molecule has 2 aromatic carbocycles. The van der Waals surface area contributed by atoms with Gasteiger partial charge in [0.2, 0.25) is 0 Å². The molecular formula is C26H29N3O2. The van der Waals surface area contributed by atoms with Gasteiger partial charge in [-0.15, -0.1) is 0 Å². The third-order valence-electron chi connectivity index (χ3n) is 6.70. The number of benzene rings is 2. The van der Waals surface area contributed by atoms with Crippen LogP contribution in [-0.4, -0.2) is 36.7 Å². The lowest BCUT2D eigenvalue weighted by Crippen LogP contribution is -2.48. The van der Waals surface area contributed by atoms with E-state index >= 15 is 0 Å². The summed E-state index contributed by atoms with van der Waals surface area (Å²) >= 11 is 0. The highest BCUT2D eigenvalue weighted by molar-refractivity contribution is 5.87. The summed E-state index contributed by atoms with van der Waals surface area (Å²) in [6.07, 6.45) is 5.97. The zero-order chi connectivity index (χ0) is 21.7. The monoisotopic (exact) mass is 415 g/mol. The van der Waals surface area contributed by atoms with Gasteiger partial charge in [0.25, 0.3) is 0 Å². The fourth-order valence-corrected chi connectivity index (χ4v) is 5.17. The Hall–Kier alpha value is -2.97. The van der Waals surface area contributed by atoms with Gasteiger partial charge in [-0.25, -0.2) is 0 Å². The predicted octanol–water partition coefficient (Wildman–Crippen LogP) is 4.54. The zero-order valence-corrected chi connectivity index (χ0v) is 18.0. The Morgan fingerprint density at radius 1 is 1.06 bits per heavy atom. The second-order valence-electron chi connectivity index (χ2n) is 8.39. The van der Waals surface area contributed by atoms with Crippen LogP contribution in [-0.2, 0) is 15.1 Å². The van der Waals surface area contributed by atoms with Crippen LogP contribution in [0.5, 0.6) is 0 Å². The number of ketones is 1. The standard InChI is InChI=1S/C26H29N3O2/c1-31-26(21-11-4-2-5-12-21,22-13-6-3-7-14-22)25-16-9-17-29(25)28-19-20-10-8-15-24(30)23(20)18-27/h2-7,11-14,19-20,23,25H,8-10,15-17H2,1H3/b28-19+/t20-,23-,25-/m0/s1. The molecule has 160 valence electrons. The van der Waals surface area contributed by atoms with Crippen LogP contribution < -0.4 is 0 Å². The van der Waals surface area contributed by atoms with Crippen molar-refractivity contribution in [2.75, 3.05) is 13.7 Å². The summed E-state index contributed by atoms with van der Waals surface area (Å²) in [6.45, 7) is 0.823. The summed E-state index contributed by atoms with van der Waals surface area (Å²) in [7, 11) is 1.77. The first kappa shape index (κ1) is 21.3.